The Kier molecular flexibility index (Phi) is 4.57. The molecule has 0 saturated heterocycles. The van der Waals surface area contributed by atoms with Gasteiger partial charge in [0, 0.05) is 16.8 Å². The predicted molar refractivity (Wildman–Crippen MR) is 110 cm³/mol. The zero-order valence-electron chi connectivity index (χ0n) is 14.6. The Morgan fingerprint density at radius 1 is 1.21 bits per heavy atom. The zero-order valence-corrected chi connectivity index (χ0v) is 16.9. The first-order valence-corrected chi connectivity index (χ1v) is 9.67. The molecule has 29 heavy (non-hydrogen) atoms. The lowest BCUT2D eigenvalue weighted by Gasteiger charge is -2.08. The van der Waals surface area contributed by atoms with Crippen LogP contribution in [-0.4, -0.2) is 31.4 Å². The van der Waals surface area contributed by atoms with Gasteiger partial charge < -0.3 is 10.2 Å². The molecular formula is C19H10Cl2N2O5S. The molecule has 0 amide bonds. The summed E-state index contributed by atoms with van der Waals surface area (Å²) < 4.78 is 1.10. The number of fused-ring (bicyclic) bond motifs is 2. The number of aromatic carboxylic acids is 1. The smallest absolute Gasteiger partial charge is 0.346 e. The number of rotatable bonds is 3. The molecule has 0 unspecified atom stereocenters. The third-order valence-corrected chi connectivity index (χ3v) is 6.11. The Morgan fingerprint density at radius 2 is 1.93 bits per heavy atom. The monoisotopic (exact) mass is 448 g/mol. The van der Waals surface area contributed by atoms with E-state index in [-0.39, 0.29) is 47.7 Å². The van der Waals surface area contributed by atoms with E-state index in [1.54, 1.807) is 0 Å². The van der Waals surface area contributed by atoms with Crippen molar-refractivity contribution >= 4 is 62.2 Å². The van der Waals surface area contributed by atoms with Crippen LogP contribution in [-0.2, 0) is 0 Å². The van der Waals surface area contributed by atoms with Gasteiger partial charge in [0.05, 0.1) is 16.0 Å². The van der Waals surface area contributed by atoms with E-state index in [9.17, 15) is 24.6 Å². The maximum absolute atomic E-state index is 13.0. The molecule has 0 aliphatic carbocycles. The fourth-order valence-electron chi connectivity index (χ4n) is 3.04. The van der Waals surface area contributed by atoms with Gasteiger partial charge in [-0.1, -0.05) is 23.2 Å². The van der Waals surface area contributed by atoms with Crippen LogP contribution in [0.5, 0.6) is 5.75 Å². The van der Waals surface area contributed by atoms with Crippen molar-refractivity contribution in [2.24, 2.45) is 0 Å². The number of halogens is 2. The van der Waals surface area contributed by atoms with Crippen molar-refractivity contribution in [3.05, 3.63) is 72.4 Å². The van der Waals surface area contributed by atoms with Gasteiger partial charge in [0.15, 0.2) is 11.4 Å². The van der Waals surface area contributed by atoms with Crippen molar-refractivity contribution in [2.75, 3.05) is 0 Å². The van der Waals surface area contributed by atoms with Gasteiger partial charge in [-0.25, -0.2) is 9.78 Å². The number of carboxylic acid groups (broad SMARTS) is 1. The standard InChI is InChI=1S/C19H10Cl2N2O5S/c1-7-13-17(29-15(7)19(27)28)22-16-11(21)4-8(6-23(16)18(13)26)14(25)10-5-9(20)2-3-12(10)24/h2-6,24H,1H3,(H,27,28). The molecule has 3 aromatic heterocycles. The van der Waals surface area contributed by atoms with Gasteiger partial charge in [0.2, 0.25) is 0 Å². The van der Waals surface area contributed by atoms with Crippen LogP contribution in [0.15, 0.2) is 35.3 Å². The molecule has 0 spiro atoms. The number of ketones is 1. The van der Waals surface area contributed by atoms with Crippen molar-refractivity contribution in [3.8, 4) is 5.75 Å². The Hall–Kier alpha value is -2.94. The second kappa shape index (κ2) is 6.84. The topological polar surface area (TPSA) is 109 Å². The number of aryl methyl sites for hydroxylation is 1. The largest absolute Gasteiger partial charge is 0.507 e. The van der Waals surface area contributed by atoms with Crippen molar-refractivity contribution < 1.29 is 19.8 Å². The van der Waals surface area contributed by atoms with E-state index < -0.39 is 17.3 Å². The second-order valence-corrected chi connectivity index (χ2v) is 8.06. The van der Waals surface area contributed by atoms with Gasteiger partial charge >= 0.3 is 5.97 Å². The van der Waals surface area contributed by atoms with Gasteiger partial charge in [-0.2, -0.15) is 0 Å². The lowest BCUT2D eigenvalue weighted by Crippen LogP contribution is -2.17. The Bertz CT molecular complexity index is 1420. The van der Waals surface area contributed by atoms with Crippen LogP contribution in [0.25, 0.3) is 15.9 Å². The maximum atomic E-state index is 13.0. The number of phenols is 1. The Labute approximate surface area is 176 Å². The number of carbonyl (C=O) groups is 2. The average Bonchev–Trinajstić information content (AvgIpc) is 3.01. The molecule has 0 aliphatic rings. The van der Waals surface area contributed by atoms with Gasteiger partial charge in [-0.05, 0) is 36.8 Å². The first kappa shape index (κ1) is 19.4. The normalized spacial score (nSPS) is 11.3. The molecule has 0 fully saturated rings. The number of aromatic nitrogens is 2. The molecule has 10 heteroatoms. The number of thiophene rings is 1. The first-order valence-electron chi connectivity index (χ1n) is 8.10. The van der Waals surface area contributed by atoms with Crippen LogP contribution in [0, 0.1) is 6.92 Å². The molecule has 7 nitrogen and oxygen atoms in total. The van der Waals surface area contributed by atoms with Gasteiger partial charge in [-0.3, -0.25) is 14.0 Å². The molecule has 0 aliphatic heterocycles. The van der Waals surface area contributed by atoms with Gasteiger partial charge in [0.1, 0.15) is 15.5 Å². The molecule has 4 rings (SSSR count). The van der Waals surface area contributed by atoms with Crippen LogP contribution in [0.2, 0.25) is 10.0 Å². The average molecular weight is 449 g/mol. The highest BCUT2D eigenvalue weighted by atomic mass is 35.5. The van der Waals surface area contributed by atoms with Crippen molar-refractivity contribution in [1.82, 2.24) is 9.38 Å². The second-order valence-electron chi connectivity index (χ2n) is 6.22. The van der Waals surface area contributed by atoms with E-state index in [2.05, 4.69) is 4.98 Å². The number of hydrogen-bond donors (Lipinski definition) is 2. The van der Waals surface area contributed by atoms with Crippen LogP contribution >= 0.6 is 34.5 Å². The summed E-state index contributed by atoms with van der Waals surface area (Å²) in [4.78, 5) is 41.8. The Balaban J connectivity index is 2.00. The zero-order chi connectivity index (χ0) is 21.0. The van der Waals surface area contributed by atoms with Crippen LogP contribution in [0.1, 0.15) is 31.2 Å². The summed E-state index contributed by atoms with van der Waals surface area (Å²) in [6.45, 7) is 1.53. The van der Waals surface area contributed by atoms with E-state index in [0.717, 1.165) is 15.7 Å². The molecule has 0 atom stereocenters. The minimum absolute atomic E-state index is 0.0109. The molecule has 0 saturated carbocycles. The highest BCUT2D eigenvalue weighted by Gasteiger charge is 2.22. The van der Waals surface area contributed by atoms with Gasteiger partial charge in [-0.15, -0.1) is 11.3 Å². The molecule has 0 radical (unpaired) electrons. The lowest BCUT2D eigenvalue weighted by molar-refractivity contribution is 0.0701. The first-order chi connectivity index (χ1) is 13.7. The maximum Gasteiger partial charge on any atom is 0.346 e. The van der Waals surface area contributed by atoms with E-state index in [1.807, 2.05) is 0 Å². The van der Waals surface area contributed by atoms with Crippen molar-refractivity contribution in [1.29, 1.82) is 0 Å². The van der Waals surface area contributed by atoms with Crippen LogP contribution in [0.3, 0.4) is 0 Å². The highest BCUT2D eigenvalue weighted by molar-refractivity contribution is 7.20. The summed E-state index contributed by atoms with van der Waals surface area (Å²) in [7, 11) is 0. The minimum Gasteiger partial charge on any atom is -0.507 e. The highest BCUT2D eigenvalue weighted by Crippen LogP contribution is 2.30. The molecular weight excluding hydrogens is 439 g/mol. The van der Waals surface area contributed by atoms with Crippen LogP contribution < -0.4 is 5.56 Å². The third kappa shape index (κ3) is 3.05. The molecule has 2 N–H and O–H groups in total. The predicted octanol–water partition coefficient (Wildman–Crippen LogP) is 4.16. The summed E-state index contributed by atoms with van der Waals surface area (Å²) in [5, 5.41) is 19.7. The number of aromatic hydroxyl groups is 1. The van der Waals surface area contributed by atoms with E-state index in [4.69, 9.17) is 23.2 Å². The fraction of sp³-hybridized carbons (Fsp3) is 0.0526. The number of phenolic OH excluding ortho intramolecular Hbond substituents is 1. The lowest BCUT2D eigenvalue weighted by atomic mass is 10.0. The number of benzene rings is 1. The molecule has 146 valence electrons. The quantitative estimate of drug-likeness (QED) is 0.455. The summed E-state index contributed by atoms with van der Waals surface area (Å²) in [5.74, 6) is -2.01. The molecule has 4 aromatic rings. The van der Waals surface area contributed by atoms with Gasteiger partial charge in [0.25, 0.3) is 5.56 Å². The third-order valence-electron chi connectivity index (χ3n) is 4.42. The molecule has 3 heterocycles. The number of nitrogens with zero attached hydrogens (tertiary/aromatic N) is 2. The molecule has 0 bridgehead atoms. The summed E-state index contributed by atoms with van der Waals surface area (Å²) in [6.07, 6.45) is 1.26. The SMILES string of the molecule is Cc1c(C(=O)O)sc2nc3c(Cl)cc(C(=O)c4cc(Cl)ccc4O)cn3c(=O)c12. The summed E-state index contributed by atoms with van der Waals surface area (Å²) >= 11 is 13.1. The number of pyridine rings is 1. The summed E-state index contributed by atoms with van der Waals surface area (Å²) in [5.41, 5.74) is -0.165. The minimum atomic E-state index is -1.16. The number of hydrogen-bond acceptors (Lipinski definition) is 6. The number of carbonyl (C=O) groups excluding carboxylic acids is 1. The Morgan fingerprint density at radius 3 is 2.62 bits per heavy atom. The van der Waals surface area contributed by atoms with E-state index in [0.29, 0.717) is 5.56 Å². The van der Waals surface area contributed by atoms with Crippen molar-refractivity contribution in [2.45, 2.75) is 6.92 Å². The fourth-order valence-corrected chi connectivity index (χ4v) is 4.47. The number of carboxylic acids is 1. The van der Waals surface area contributed by atoms with Crippen molar-refractivity contribution in [3.63, 3.8) is 0 Å². The molecule has 1 aromatic carbocycles. The van der Waals surface area contributed by atoms with E-state index in [1.165, 1.54) is 37.4 Å². The van der Waals surface area contributed by atoms with E-state index >= 15 is 0 Å². The summed E-state index contributed by atoms with van der Waals surface area (Å²) in [6, 6.07) is 5.36. The van der Waals surface area contributed by atoms with Crippen LogP contribution in [0.4, 0.5) is 0 Å².